The zero-order valence-electron chi connectivity index (χ0n) is 13.9. The van der Waals surface area contributed by atoms with Crippen LogP contribution in [0.15, 0.2) is 0 Å². The fourth-order valence-corrected chi connectivity index (χ4v) is 2.67. The molecule has 2 rings (SSSR count). The molecule has 6 nitrogen and oxygen atoms in total. The molecule has 1 aliphatic rings. The van der Waals surface area contributed by atoms with Gasteiger partial charge in [0.05, 0.1) is 12.1 Å². The summed E-state index contributed by atoms with van der Waals surface area (Å²) in [5, 5.41) is 4.48. The van der Waals surface area contributed by atoms with E-state index in [0.717, 1.165) is 23.5 Å². The third-order valence-electron chi connectivity index (χ3n) is 3.79. The molecule has 2 unspecified atom stereocenters. The fraction of sp³-hybridized carbons (Fsp3) is 0.688. The highest BCUT2D eigenvalue weighted by molar-refractivity contribution is 5.81. The van der Waals surface area contributed by atoms with Gasteiger partial charge in [-0.05, 0) is 26.7 Å². The van der Waals surface area contributed by atoms with Crippen LogP contribution in [0.25, 0.3) is 0 Å². The molecule has 0 aliphatic carbocycles. The molecule has 1 aromatic heterocycles. The molecule has 0 spiro atoms. The van der Waals surface area contributed by atoms with E-state index in [2.05, 4.69) is 18.9 Å². The molecular formula is C16H24N2O4. The molecule has 1 saturated heterocycles. The van der Waals surface area contributed by atoms with E-state index in [-0.39, 0.29) is 12.5 Å². The molecule has 6 heteroatoms. The molecule has 1 fully saturated rings. The minimum Gasteiger partial charge on any atom is -0.460 e. The SMILES string of the molecule is Cc1nn(CC(C)C)c(C)c1CC(=O)OC1CC(C)OC1=O. The number of aryl methyl sites for hydroxylation is 1. The molecular weight excluding hydrogens is 284 g/mol. The maximum Gasteiger partial charge on any atom is 0.347 e. The Morgan fingerprint density at radius 2 is 2.14 bits per heavy atom. The molecule has 0 saturated carbocycles. The van der Waals surface area contributed by atoms with Crippen molar-refractivity contribution in [1.82, 2.24) is 9.78 Å². The standard InChI is InChI=1S/C16H24N2O4/c1-9(2)8-18-12(5)13(11(4)17-18)7-15(19)22-14-6-10(3)21-16(14)20/h9-10,14H,6-8H2,1-5H3. The van der Waals surface area contributed by atoms with Crippen molar-refractivity contribution in [1.29, 1.82) is 0 Å². The largest absolute Gasteiger partial charge is 0.460 e. The highest BCUT2D eigenvalue weighted by atomic mass is 16.6. The van der Waals surface area contributed by atoms with E-state index >= 15 is 0 Å². The van der Waals surface area contributed by atoms with Crippen molar-refractivity contribution in [2.24, 2.45) is 5.92 Å². The van der Waals surface area contributed by atoms with E-state index in [9.17, 15) is 9.59 Å². The third kappa shape index (κ3) is 3.67. The van der Waals surface area contributed by atoms with Gasteiger partial charge in [0.1, 0.15) is 6.10 Å². The minimum atomic E-state index is -0.770. The number of esters is 2. The fourth-order valence-electron chi connectivity index (χ4n) is 2.67. The van der Waals surface area contributed by atoms with Crippen LogP contribution in [-0.2, 0) is 32.0 Å². The van der Waals surface area contributed by atoms with Crippen molar-refractivity contribution in [3.8, 4) is 0 Å². The lowest BCUT2D eigenvalue weighted by molar-refractivity contribution is -0.160. The normalized spacial score (nSPS) is 21.3. The van der Waals surface area contributed by atoms with E-state index < -0.39 is 18.0 Å². The highest BCUT2D eigenvalue weighted by Gasteiger charge is 2.35. The summed E-state index contributed by atoms with van der Waals surface area (Å²) in [6.07, 6.45) is -0.403. The van der Waals surface area contributed by atoms with Crippen LogP contribution in [0.5, 0.6) is 0 Å². The van der Waals surface area contributed by atoms with E-state index in [1.807, 2.05) is 18.5 Å². The van der Waals surface area contributed by atoms with Gasteiger partial charge < -0.3 is 9.47 Å². The van der Waals surface area contributed by atoms with Crippen LogP contribution < -0.4 is 0 Å². The Kier molecular flexibility index (Phi) is 4.88. The van der Waals surface area contributed by atoms with Crippen molar-refractivity contribution in [2.45, 2.75) is 66.2 Å². The number of nitrogens with zero attached hydrogens (tertiary/aromatic N) is 2. The maximum absolute atomic E-state index is 12.1. The summed E-state index contributed by atoms with van der Waals surface area (Å²) in [5.74, 6) is -0.385. The number of hydrogen-bond donors (Lipinski definition) is 0. The Hall–Kier alpha value is -1.85. The van der Waals surface area contributed by atoms with Crippen LogP contribution in [0.2, 0.25) is 0 Å². The average Bonchev–Trinajstić information content (AvgIpc) is 2.83. The van der Waals surface area contributed by atoms with Crippen molar-refractivity contribution < 1.29 is 19.1 Å². The molecule has 22 heavy (non-hydrogen) atoms. The van der Waals surface area contributed by atoms with Crippen molar-refractivity contribution in [3.63, 3.8) is 0 Å². The van der Waals surface area contributed by atoms with Gasteiger partial charge in [-0.2, -0.15) is 5.10 Å². The zero-order chi connectivity index (χ0) is 16.4. The Morgan fingerprint density at radius 3 is 2.68 bits per heavy atom. The van der Waals surface area contributed by atoms with Gasteiger partial charge in [0.25, 0.3) is 0 Å². The Bertz CT molecular complexity index is 577. The summed E-state index contributed by atoms with van der Waals surface area (Å²) >= 11 is 0. The van der Waals surface area contributed by atoms with E-state index in [0.29, 0.717) is 12.3 Å². The summed E-state index contributed by atoms with van der Waals surface area (Å²) < 4.78 is 12.2. The quantitative estimate of drug-likeness (QED) is 0.778. The van der Waals surface area contributed by atoms with Crippen LogP contribution in [0, 0.1) is 19.8 Å². The van der Waals surface area contributed by atoms with Crippen LogP contribution in [-0.4, -0.2) is 33.9 Å². The lowest BCUT2D eigenvalue weighted by Crippen LogP contribution is -2.24. The van der Waals surface area contributed by atoms with Crippen molar-refractivity contribution >= 4 is 11.9 Å². The van der Waals surface area contributed by atoms with Gasteiger partial charge in [0.2, 0.25) is 6.10 Å². The van der Waals surface area contributed by atoms with Crippen LogP contribution in [0.4, 0.5) is 0 Å². The zero-order valence-corrected chi connectivity index (χ0v) is 13.9. The molecule has 0 aromatic carbocycles. The number of ether oxygens (including phenoxy) is 2. The van der Waals surface area contributed by atoms with Crippen LogP contribution >= 0.6 is 0 Å². The first-order valence-electron chi connectivity index (χ1n) is 7.70. The molecule has 0 bridgehead atoms. The molecule has 2 atom stereocenters. The number of aromatic nitrogens is 2. The number of hydrogen-bond acceptors (Lipinski definition) is 5. The van der Waals surface area contributed by atoms with Gasteiger partial charge >= 0.3 is 11.9 Å². The van der Waals surface area contributed by atoms with Crippen molar-refractivity contribution in [2.75, 3.05) is 0 Å². The van der Waals surface area contributed by atoms with E-state index in [4.69, 9.17) is 9.47 Å². The van der Waals surface area contributed by atoms with E-state index in [1.54, 1.807) is 6.92 Å². The van der Waals surface area contributed by atoms with E-state index in [1.165, 1.54) is 0 Å². The molecule has 122 valence electrons. The highest BCUT2D eigenvalue weighted by Crippen LogP contribution is 2.20. The topological polar surface area (TPSA) is 70.4 Å². The smallest absolute Gasteiger partial charge is 0.347 e. The number of carbonyl (C=O) groups excluding carboxylic acids is 2. The summed E-state index contributed by atoms with van der Waals surface area (Å²) in [7, 11) is 0. The first kappa shape index (κ1) is 16.5. The third-order valence-corrected chi connectivity index (χ3v) is 3.79. The second-order valence-electron chi connectivity index (χ2n) is 6.36. The number of rotatable bonds is 5. The Balaban J connectivity index is 2.02. The summed E-state index contributed by atoms with van der Waals surface area (Å²) in [6, 6.07) is 0. The van der Waals surface area contributed by atoms with Gasteiger partial charge in [-0.1, -0.05) is 13.8 Å². The molecule has 0 N–H and O–H groups in total. The average molecular weight is 308 g/mol. The predicted molar refractivity (Wildman–Crippen MR) is 80.3 cm³/mol. The molecule has 1 aromatic rings. The first-order valence-corrected chi connectivity index (χ1v) is 7.70. The number of carbonyl (C=O) groups is 2. The molecule has 1 aliphatic heterocycles. The van der Waals surface area contributed by atoms with Gasteiger partial charge in [-0.3, -0.25) is 9.48 Å². The van der Waals surface area contributed by atoms with Crippen LogP contribution in [0.1, 0.15) is 44.1 Å². The molecule has 2 heterocycles. The van der Waals surface area contributed by atoms with Gasteiger partial charge in [0.15, 0.2) is 0 Å². The van der Waals surface area contributed by atoms with Crippen molar-refractivity contribution in [3.05, 3.63) is 17.0 Å². The Morgan fingerprint density at radius 1 is 1.45 bits per heavy atom. The minimum absolute atomic E-state index is 0.133. The lowest BCUT2D eigenvalue weighted by atomic mass is 10.1. The van der Waals surface area contributed by atoms with Gasteiger partial charge in [-0.25, -0.2) is 4.79 Å². The second kappa shape index (κ2) is 6.50. The van der Waals surface area contributed by atoms with Crippen LogP contribution in [0.3, 0.4) is 0 Å². The second-order valence-corrected chi connectivity index (χ2v) is 6.36. The van der Waals surface area contributed by atoms with Gasteiger partial charge in [0, 0.05) is 24.2 Å². The van der Waals surface area contributed by atoms with Gasteiger partial charge in [-0.15, -0.1) is 0 Å². The number of cyclic esters (lactones) is 1. The summed E-state index contributed by atoms with van der Waals surface area (Å²) in [6.45, 7) is 10.7. The molecule has 0 radical (unpaired) electrons. The first-order chi connectivity index (χ1) is 10.3. The summed E-state index contributed by atoms with van der Waals surface area (Å²) in [5.41, 5.74) is 2.69. The maximum atomic E-state index is 12.1. The predicted octanol–water partition coefficient (Wildman–Crippen LogP) is 1.95. The molecule has 0 amide bonds. The lowest BCUT2D eigenvalue weighted by Gasteiger charge is -2.09. The monoisotopic (exact) mass is 308 g/mol. The Labute approximate surface area is 130 Å². The summed E-state index contributed by atoms with van der Waals surface area (Å²) in [4.78, 5) is 23.6.